The zero-order valence-corrected chi connectivity index (χ0v) is 21.0. The summed E-state index contributed by atoms with van der Waals surface area (Å²) in [6, 6.07) is 17.2. The van der Waals surface area contributed by atoms with Gasteiger partial charge in [-0.25, -0.2) is 4.39 Å². The number of benzene rings is 3. The standard InChI is InChI=1S/C27H24Cl2FN3O2/c1-16-12-21(28)10-11-25(16)35-15-19-6-4-7-20(13-19)27(34)31-26-17(2)32-33(18(26)3)14-22-23(29)8-5-9-24(22)30/h4-13H,14-15H2,1-3H3,(H,31,34). The van der Waals surface area contributed by atoms with Crippen LogP contribution in [0.2, 0.25) is 10.0 Å². The molecular formula is C27H24Cl2FN3O2. The predicted molar refractivity (Wildman–Crippen MR) is 137 cm³/mol. The van der Waals surface area contributed by atoms with Crippen molar-refractivity contribution in [2.24, 2.45) is 0 Å². The number of aryl methyl sites for hydroxylation is 2. The molecule has 0 aliphatic rings. The normalized spacial score (nSPS) is 10.9. The van der Waals surface area contributed by atoms with E-state index in [1.165, 1.54) is 6.07 Å². The van der Waals surface area contributed by atoms with E-state index in [0.717, 1.165) is 16.9 Å². The maximum atomic E-state index is 14.2. The number of nitrogens with one attached hydrogen (secondary N) is 1. The van der Waals surface area contributed by atoms with Crippen LogP contribution in [0.15, 0.2) is 60.7 Å². The van der Waals surface area contributed by atoms with Crippen LogP contribution in [-0.2, 0) is 13.2 Å². The molecule has 5 nitrogen and oxygen atoms in total. The molecule has 1 aromatic heterocycles. The van der Waals surface area contributed by atoms with Crippen molar-refractivity contribution >= 4 is 34.8 Å². The molecule has 0 spiro atoms. The van der Waals surface area contributed by atoms with Crippen molar-refractivity contribution < 1.29 is 13.9 Å². The summed E-state index contributed by atoms with van der Waals surface area (Å²) in [5, 5.41) is 8.40. The van der Waals surface area contributed by atoms with E-state index >= 15 is 0 Å². The highest BCUT2D eigenvalue weighted by Crippen LogP contribution is 2.26. The minimum Gasteiger partial charge on any atom is -0.489 e. The Bertz CT molecular complexity index is 1380. The molecule has 0 saturated carbocycles. The summed E-state index contributed by atoms with van der Waals surface area (Å²) >= 11 is 12.2. The SMILES string of the molecule is Cc1cc(Cl)ccc1OCc1cccc(C(=O)Nc2c(C)nn(Cc3c(F)cccc3Cl)c2C)c1. The fourth-order valence-corrected chi connectivity index (χ4v) is 4.24. The Kier molecular flexibility index (Phi) is 7.43. The number of aromatic nitrogens is 2. The van der Waals surface area contributed by atoms with Crippen LogP contribution in [0.5, 0.6) is 5.75 Å². The Morgan fingerprint density at radius 3 is 2.57 bits per heavy atom. The number of halogens is 3. The summed E-state index contributed by atoms with van der Waals surface area (Å²) in [4.78, 5) is 13.0. The second-order valence-electron chi connectivity index (χ2n) is 8.26. The van der Waals surface area contributed by atoms with E-state index in [2.05, 4.69) is 10.4 Å². The quantitative estimate of drug-likeness (QED) is 0.287. The Labute approximate surface area is 213 Å². The van der Waals surface area contributed by atoms with Crippen molar-refractivity contribution in [3.8, 4) is 5.75 Å². The minimum absolute atomic E-state index is 0.158. The highest BCUT2D eigenvalue weighted by Gasteiger charge is 2.18. The summed E-state index contributed by atoms with van der Waals surface area (Å²) < 4.78 is 21.8. The van der Waals surface area contributed by atoms with E-state index in [-0.39, 0.29) is 12.5 Å². The first kappa shape index (κ1) is 24.8. The lowest BCUT2D eigenvalue weighted by Gasteiger charge is -2.11. The average Bonchev–Trinajstić information content (AvgIpc) is 3.08. The van der Waals surface area contributed by atoms with Gasteiger partial charge in [0.05, 0.1) is 23.6 Å². The third kappa shape index (κ3) is 5.66. The first-order chi connectivity index (χ1) is 16.7. The Morgan fingerprint density at radius 1 is 1.06 bits per heavy atom. The largest absolute Gasteiger partial charge is 0.489 e. The number of anilines is 1. The van der Waals surface area contributed by atoms with Gasteiger partial charge in [-0.05, 0) is 74.4 Å². The highest BCUT2D eigenvalue weighted by atomic mass is 35.5. The predicted octanol–water partition coefficient (Wildman–Crippen LogP) is 7.13. The topological polar surface area (TPSA) is 56.1 Å². The Balaban J connectivity index is 1.48. The molecular weight excluding hydrogens is 488 g/mol. The maximum absolute atomic E-state index is 14.2. The number of carbonyl (C=O) groups is 1. The fraction of sp³-hybridized carbons (Fsp3) is 0.185. The summed E-state index contributed by atoms with van der Waals surface area (Å²) in [7, 11) is 0. The lowest BCUT2D eigenvalue weighted by atomic mass is 10.1. The van der Waals surface area contributed by atoms with Crippen molar-refractivity contribution in [3.05, 3.63) is 110 Å². The van der Waals surface area contributed by atoms with Gasteiger partial charge in [0.2, 0.25) is 0 Å². The van der Waals surface area contributed by atoms with E-state index in [4.69, 9.17) is 27.9 Å². The molecule has 0 radical (unpaired) electrons. The van der Waals surface area contributed by atoms with Crippen LogP contribution in [0.3, 0.4) is 0 Å². The van der Waals surface area contributed by atoms with E-state index in [9.17, 15) is 9.18 Å². The van der Waals surface area contributed by atoms with Crippen molar-refractivity contribution in [1.29, 1.82) is 0 Å². The molecule has 0 bridgehead atoms. The van der Waals surface area contributed by atoms with Gasteiger partial charge < -0.3 is 10.1 Å². The van der Waals surface area contributed by atoms with Crippen molar-refractivity contribution in [2.45, 2.75) is 33.9 Å². The number of rotatable bonds is 7. The lowest BCUT2D eigenvalue weighted by Crippen LogP contribution is -2.14. The molecule has 180 valence electrons. The summed E-state index contributed by atoms with van der Waals surface area (Å²) in [6.07, 6.45) is 0. The third-order valence-corrected chi connectivity index (χ3v) is 6.30. The molecule has 0 aliphatic carbocycles. The molecule has 0 saturated heterocycles. The Morgan fingerprint density at radius 2 is 1.83 bits per heavy atom. The van der Waals surface area contributed by atoms with Crippen LogP contribution in [-0.4, -0.2) is 15.7 Å². The molecule has 8 heteroatoms. The summed E-state index contributed by atoms with van der Waals surface area (Å²) in [6.45, 7) is 6.01. The van der Waals surface area contributed by atoms with Crippen molar-refractivity contribution in [2.75, 3.05) is 5.32 Å². The molecule has 4 rings (SSSR count). The van der Waals surface area contributed by atoms with Crippen LogP contribution in [0.25, 0.3) is 0 Å². The number of amides is 1. The zero-order chi connectivity index (χ0) is 25.1. The minimum atomic E-state index is -0.400. The second-order valence-corrected chi connectivity index (χ2v) is 9.10. The zero-order valence-electron chi connectivity index (χ0n) is 19.5. The fourth-order valence-electron chi connectivity index (χ4n) is 3.79. The highest BCUT2D eigenvalue weighted by molar-refractivity contribution is 6.31. The number of hydrogen-bond donors (Lipinski definition) is 1. The van der Waals surface area contributed by atoms with Gasteiger partial charge in [-0.3, -0.25) is 9.48 Å². The Hall–Kier alpha value is -3.35. The van der Waals surface area contributed by atoms with Crippen LogP contribution in [0.1, 0.15) is 38.4 Å². The first-order valence-electron chi connectivity index (χ1n) is 11.0. The van der Waals surface area contributed by atoms with Gasteiger partial charge in [0.15, 0.2) is 0 Å². The molecule has 1 N–H and O–H groups in total. The number of hydrogen-bond acceptors (Lipinski definition) is 3. The average molecular weight is 512 g/mol. The number of nitrogens with zero attached hydrogens (tertiary/aromatic N) is 2. The van der Waals surface area contributed by atoms with E-state index < -0.39 is 5.82 Å². The molecule has 0 fully saturated rings. The summed E-state index contributed by atoms with van der Waals surface area (Å²) in [5.74, 6) is 0.0607. The van der Waals surface area contributed by atoms with E-state index in [0.29, 0.717) is 44.9 Å². The van der Waals surface area contributed by atoms with Crippen LogP contribution in [0, 0.1) is 26.6 Å². The van der Waals surface area contributed by atoms with Gasteiger partial charge in [-0.15, -0.1) is 0 Å². The van der Waals surface area contributed by atoms with Crippen molar-refractivity contribution in [1.82, 2.24) is 9.78 Å². The monoisotopic (exact) mass is 511 g/mol. The van der Waals surface area contributed by atoms with E-state index in [1.54, 1.807) is 41.9 Å². The summed E-state index contributed by atoms with van der Waals surface area (Å²) in [5.41, 5.74) is 4.54. The van der Waals surface area contributed by atoms with Crippen molar-refractivity contribution in [3.63, 3.8) is 0 Å². The molecule has 4 aromatic rings. The number of carbonyl (C=O) groups excluding carboxylic acids is 1. The van der Waals surface area contributed by atoms with Crippen LogP contribution < -0.4 is 10.1 Å². The maximum Gasteiger partial charge on any atom is 0.255 e. The van der Waals surface area contributed by atoms with E-state index in [1.807, 2.05) is 38.1 Å². The first-order valence-corrected chi connectivity index (χ1v) is 11.7. The molecule has 1 amide bonds. The molecule has 0 unspecified atom stereocenters. The molecule has 35 heavy (non-hydrogen) atoms. The lowest BCUT2D eigenvalue weighted by molar-refractivity contribution is 0.102. The molecule has 0 aliphatic heterocycles. The van der Waals surface area contributed by atoms with Crippen LogP contribution >= 0.6 is 23.2 Å². The van der Waals surface area contributed by atoms with Gasteiger partial charge in [-0.2, -0.15) is 5.10 Å². The third-order valence-electron chi connectivity index (χ3n) is 5.71. The second kappa shape index (κ2) is 10.5. The van der Waals surface area contributed by atoms with Gasteiger partial charge in [-0.1, -0.05) is 41.4 Å². The van der Waals surface area contributed by atoms with Gasteiger partial charge >= 0.3 is 0 Å². The molecule has 1 heterocycles. The smallest absolute Gasteiger partial charge is 0.255 e. The van der Waals surface area contributed by atoms with Gasteiger partial charge in [0, 0.05) is 21.2 Å². The number of ether oxygens (including phenoxy) is 1. The molecule has 3 aromatic carbocycles. The van der Waals surface area contributed by atoms with Gasteiger partial charge in [0.1, 0.15) is 18.2 Å². The molecule has 0 atom stereocenters. The van der Waals surface area contributed by atoms with Gasteiger partial charge in [0.25, 0.3) is 5.91 Å². The van der Waals surface area contributed by atoms with Crippen LogP contribution in [0.4, 0.5) is 10.1 Å².